The number of hydrogen-bond donors (Lipinski definition) is 3. The van der Waals surface area contributed by atoms with Crippen molar-refractivity contribution in [2.45, 2.75) is 25.5 Å². The van der Waals surface area contributed by atoms with Gasteiger partial charge < -0.3 is 25.0 Å². The third kappa shape index (κ3) is 3.99. The summed E-state index contributed by atoms with van der Waals surface area (Å²) in [5, 5.41) is 22.3. The van der Waals surface area contributed by atoms with Gasteiger partial charge in [0, 0.05) is 19.5 Å². The van der Waals surface area contributed by atoms with Gasteiger partial charge in [0.15, 0.2) is 11.5 Å². The molecule has 0 fully saturated rings. The summed E-state index contributed by atoms with van der Waals surface area (Å²) < 4.78 is 11.2. The van der Waals surface area contributed by atoms with Gasteiger partial charge in [0.25, 0.3) is 0 Å². The lowest BCUT2D eigenvalue weighted by atomic mass is 10.1. The maximum atomic E-state index is 9.70. The van der Waals surface area contributed by atoms with Crippen LogP contribution in [0.25, 0.3) is 0 Å². The van der Waals surface area contributed by atoms with Gasteiger partial charge in [-0.15, -0.1) is 0 Å². The van der Waals surface area contributed by atoms with Crippen LogP contribution in [-0.2, 0) is 6.54 Å². The lowest BCUT2D eigenvalue weighted by molar-refractivity contribution is 0.00253. The Morgan fingerprint density at radius 3 is 2.85 bits per heavy atom. The highest BCUT2D eigenvalue weighted by Crippen LogP contribution is 2.37. The summed E-state index contributed by atoms with van der Waals surface area (Å²) in [5.74, 6) is 1.25. The van der Waals surface area contributed by atoms with Crippen molar-refractivity contribution in [1.29, 1.82) is 0 Å². The van der Waals surface area contributed by atoms with Crippen LogP contribution in [-0.4, -0.2) is 42.2 Å². The minimum absolute atomic E-state index is 0.287. The molecule has 1 aliphatic rings. The zero-order chi connectivity index (χ0) is 14.6. The van der Waals surface area contributed by atoms with Crippen LogP contribution in [0.15, 0.2) is 12.1 Å². The summed E-state index contributed by atoms with van der Waals surface area (Å²) in [5.41, 5.74) is -0.192. The molecule has 20 heavy (non-hydrogen) atoms. The van der Waals surface area contributed by atoms with Gasteiger partial charge in [0.1, 0.15) is 0 Å². The largest absolute Gasteiger partial charge is 0.489 e. The Labute approximate surface area is 123 Å². The van der Waals surface area contributed by atoms with Crippen molar-refractivity contribution in [1.82, 2.24) is 5.32 Å². The highest BCUT2D eigenvalue weighted by atomic mass is 35.5. The second kappa shape index (κ2) is 6.63. The number of aliphatic hydroxyl groups excluding tert-OH is 1. The highest BCUT2D eigenvalue weighted by molar-refractivity contribution is 6.32. The average molecular weight is 302 g/mol. The molecule has 3 N–H and O–H groups in total. The average Bonchev–Trinajstić information content (AvgIpc) is 2.64. The van der Waals surface area contributed by atoms with Crippen LogP contribution >= 0.6 is 11.6 Å². The summed E-state index contributed by atoms with van der Waals surface area (Å²) in [6.45, 7) is 3.30. The van der Waals surface area contributed by atoms with Crippen molar-refractivity contribution in [2.75, 3.05) is 26.4 Å². The van der Waals surface area contributed by atoms with Crippen molar-refractivity contribution in [3.05, 3.63) is 22.7 Å². The molecule has 0 aromatic heterocycles. The number of ether oxygens (including phenoxy) is 2. The predicted octanol–water partition coefficient (Wildman–Crippen LogP) is 1.33. The monoisotopic (exact) mass is 301 g/mol. The topological polar surface area (TPSA) is 71.0 Å². The van der Waals surface area contributed by atoms with E-state index in [-0.39, 0.29) is 13.2 Å². The fourth-order valence-corrected chi connectivity index (χ4v) is 2.21. The summed E-state index contributed by atoms with van der Waals surface area (Å²) in [6.07, 6.45) is 0.831. The Bertz CT molecular complexity index is 465. The Morgan fingerprint density at radius 1 is 1.35 bits per heavy atom. The maximum absolute atomic E-state index is 9.70. The van der Waals surface area contributed by atoms with Gasteiger partial charge in [-0.3, -0.25) is 0 Å². The zero-order valence-electron chi connectivity index (χ0n) is 11.5. The second-order valence-electron chi connectivity index (χ2n) is 5.21. The number of aliphatic hydroxyl groups is 2. The standard InChI is InChI=1S/C14H20ClNO4/c1-14(18,9-17)8-16-7-10-5-11(15)13-12(6-10)19-3-2-4-20-13/h5-6,16-18H,2-4,7-9H2,1H3. The molecule has 0 bridgehead atoms. The number of halogens is 1. The fraction of sp³-hybridized carbons (Fsp3) is 0.571. The van der Waals surface area contributed by atoms with Gasteiger partial charge >= 0.3 is 0 Å². The van der Waals surface area contributed by atoms with E-state index in [1.54, 1.807) is 6.92 Å². The molecular formula is C14H20ClNO4. The van der Waals surface area contributed by atoms with Crippen molar-refractivity contribution < 1.29 is 19.7 Å². The molecule has 2 rings (SSSR count). The molecule has 0 spiro atoms. The minimum atomic E-state index is -1.13. The quantitative estimate of drug-likeness (QED) is 0.765. The molecule has 0 radical (unpaired) electrons. The summed E-state index contributed by atoms with van der Waals surface area (Å²) >= 11 is 6.19. The van der Waals surface area contributed by atoms with Crippen molar-refractivity contribution in [3.63, 3.8) is 0 Å². The zero-order valence-corrected chi connectivity index (χ0v) is 12.2. The first-order chi connectivity index (χ1) is 9.52. The third-order valence-corrected chi connectivity index (χ3v) is 3.32. The minimum Gasteiger partial charge on any atom is -0.489 e. The van der Waals surface area contributed by atoms with Crippen LogP contribution < -0.4 is 14.8 Å². The lowest BCUT2D eigenvalue weighted by Crippen LogP contribution is -2.40. The van der Waals surface area contributed by atoms with Crippen LogP contribution in [0.3, 0.4) is 0 Å². The first-order valence-corrected chi connectivity index (χ1v) is 7.01. The Balaban J connectivity index is 2.02. The van der Waals surface area contributed by atoms with Crippen molar-refractivity contribution in [3.8, 4) is 11.5 Å². The van der Waals surface area contributed by atoms with Gasteiger partial charge in [-0.2, -0.15) is 0 Å². The molecule has 6 heteroatoms. The van der Waals surface area contributed by atoms with Crippen LogP contribution in [0.4, 0.5) is 0 Å². The molecular weight excluding hydrogens is 282 g/mol. The molecule has 1 unspecified atom stereocenters. The predicted molar refractivity (Wildman–Crippen MR) is 76.5 cm³/mol. The highest BCUT2D eigenvalue weighted by Gasteiger charge is 2.19. The van der Waals surface area contributed by atoms with E-state index in [1.807, 2.05) is 12.1 Å². The molecule has 1 aliphatic heterocycles. The normalized spacial score (nSPS) is 17.4. The summed E-state index contributed by atoms with van der Waals surface area (Å²) in [6, 6.07) is 3.70. The molecule has 0 amide bonds. The first-order valence-electron chi connectivity index (χ1n) is 6.64. The number of rotatable bonds is 5. The van der Waals surface area contributed by atoms with E-state index in [0.717, 1.165) is 12.0 Å². The van der Waals surface area contributed by atoms with E-state index in [1.165, 1.54) is 0 Å². The van der Waals surface area contributed by atoms with Gasteiger partial charge in [-0.1, -0.05) is 11.6 Å². The first kappa shape index (κ1) is 15.4. The molecule has 0 saturated carbocycles. The molecule has 112 valence electrons. The van der Waals surface area contributed by atoms with Crippen molar-refractivity contribution in [2.24, 2.45) is 0 Å². The molecule has 5 nitrogen and oxygen atoms in total. The Kier molecular flexibility index (Phi) is 5.10. The molecule has 0 aliphatic carbocycles. The number of fused-ring (bicyclic) bond motifs is 1. The van der Waals surface area contributed by atoms with E-state index in [0.29, 0.717) is 36.3 Å². The van der Waals surface area contributed by atoms with Crippen LogP contribution in [0.5, 0.6) is 11.5 Å². The number of nitrogens with one attached hydrogen (secondary N) is 1. The molecule has 1 aromatic carbocycles. The van der Waals surface area contributed by atoms with Crippen molar-refractivity contribution >= 4 is 11.6 Å². The molecule has 0 saturated heterocycles. The number of benzene rings is 1. The Morgan fingerprint density at radius 2 is 2.10 bits per heavy atom. The summed E-state index contributed by atoms with van der Waals surface area (Å²) in [4.78, 5) is 0. The van der Waals surface area contributed by atoms with Crippen LogP contribution in [0, 0.1) is 0 Å². The molecule has 1 heterocycles. The van der Waals surface area contributed by atoms with E-state index in [9.17, 15) is 5.11 Å². The van der Waals surface area contributed by atoms with E-state index in [2.05, 4.69) is 5.32 Å². The van der Waals surface area contributed by atoms with Gasteiger partial charge in [-0.05, 0) is 24.6 Å². The third-order valence-electron chi connectivity index (χ3n) is 3.04. The number of hydrogen-bond acceptors (Lipinski definition) is 5. The van der Waals surface area contributed by atoms with Crippen LogP contribution in [0.2, 0.25) is 5.02 Å². The van der Waals surface area contributed by atoms with Gasteiger partial charge in [0.2, 0.25) is 0 Å². The fourth-order valence-electron chi connectivity index (χ4n) is 1.92. The van der Waals surface area contributed by atoms with E-state index in [4.69, 9.17) is 26.2 Å². The Hall–Kier alpha value is -1.01. The van der Waals surface area contributed by atoms with Gasteiger partial charge in [0.05, 0.1) is 30.4 Å². The lowest BCUT2D eigenvalue weighted by Gasteiger charge is -2.21. The maximum Gasteiger partial charge on any atom is 0.179 e. The van der Waals surface area contributed by atoms with E-state index < -0.39 is 5.60 Å². The summed E-state index contributed by atoms with van der Waals surface area (Å²) in [7, 11) is 0. The second-order valence-corrected chi connectivity index (χ2v) is 5.62. The van der Waals surface area contributed by atoms with Crippen LogP contribution in [0.1, 0.15) is 18.9 Å². The van der Waals surface area contributed by atoms with Gasteiger partial charge in [-0.25, -0.2) is 0 Å². The molecule has 1 atom stereocenters. The smallest absolute Gasteiger partial charge is 0.179 e. The van der Waals surface area contributed by atoms with E-state index >= 15 is 0 Å². The molecule has 1 aromatic rings. The SMILES string of the molecule is CC(O)(CO)CNCc1cc(Cl)c2c(c1)OCCCO2.